The Hall–Kier alpha value is -1.43. The molecule has 2 aliphatic rings. The monoisotopic (exact) mass is 253 g/mol. The molecule has 6 heteroatoms. The average Bonchev–Trinajstić information content (AvgIpc) is 2.21. The summed E-state index contributed by atoms with van der Waals surface area (Å²) in [6.45, 7) is 3.20. The summed E-state index contributed by atoms with van der Waals surface area (Å²) in [5.41, 5.74) is 4.60. The van der Waals surface area contributed by atoms with Crippen molar-refractivity contribution in [2.45, 2.75) is 50.6 Å². The second kappa shape index (κ2) is 4.05. The minimum atomic E-state index is -0.995. The van der Waals surface area contributed by atoms with E-state index in [-0.39, 0.29) is 18.9 Å². The first-order chi connectivity index (χ1) is 8.24. The molecule has 1 heterocycles. The first-order valence-corrected chi connectivity index (χ1v) is 6.18. The van der Waals surface area contributed by atoms with Gasteiger partial charge in [-0.15, -0.1) is 0 Å². The Morgan fingerprint density at radius 3 is 2.50 bits per heavy atom. The molecule has 100 valence electrons. The third-order valence-electron chi connectivity index (χ3n) is 3.94. The summed E-state index contributed by atoms with van der Waals surface area (Å²) in [6.07, 6.45) is 2.89. The number of hydrogen-bond acceptors (Lipinski definition) is 4. The average molecular weight is 253 g/mol. The number of carbonyl (C=O) groups excluding carboxylic acids is 3. The van der Waals surface area contributed by atoms with Gasteiger partial charge in [-0.2, -0.15) is 0 Å². The maximum Gasteiger partial charge on any atom is 0.252 e. The molecule has 18 heavy (non-hydrogen) atoms. The summed E-state index contributed by atoms with van der Waals surface area (Å²) in [6, 6.07) is 0. The molecule has 1 aliphatic heterocycles. The predicted molar refractivity (Wildman–Crippen MR) is 64.3 cm³/mol. The van der Waals surface area contributed by atoms with Gasteiger partial charge in [-0.3, -0.25) is 19.7 Å². The smallest absolute Gasteiger partial charge is 0.252 e. The maximum atomic E-state index is 12.2. The van der Waals surface area contributed by atoms with Crippen LogP contribution in [0.25, 0.3) is 0 Å². The van der Waals surface area contributed by atoms with Crippen LogP contribution in [-0.4, -0.2) is 40.2 Å². The Bertz CT molecular complexity index is 413. The highest BCUT2D eigenvalue weighted by Crippen LogP contribution is 2.33. The number of nitrogens with one attached hydrogen (secondary N) is 1. The Kier molecular flexibility index (Phi) is 2.93. The first-order valence-electron chi connectivity index (χ1n) is 6.18. The van der Waals surface area contributed by atoms with Crippen LogP contribution in [0.1, 0.15) is 39.5 Å². The highest BCUT2D eigenvalue weighted by Gasteiger charge is 2.45. The summed E-state index contributed by atoms with van der Waals surface area (Å²) in [4.78, 5) is 36.7. The van der Waals surface area contributed by atoms with Crippen molar-refractivity contribution in [1.29, 1.82) is 0 Å². The molecule has 0 aromatic heterocycles. The molecular weight excluding hydrogens is 234 g/mol. The van der Waals surface area contributed by atoms with Gasteiger partial charge in [0.2, 0.25) is 11.8 Å². The van der Waals surface area contributed by atoms with E-state index in [2.05, 4.69) is 5.32 Å². The molecule has 6 nitrogen and oxygen atoms in total. The summed E-state index contributed by atoms with van der Waals surface area (Å²) >= 11 is 0. The fraction of sp³-hybridized carbons (Fsp3) is 0.750. The van der Waals surface area contributed by atoms with Crippen molar-refractivity contribution < 1.29 is 14.4 Å². The lowest BCUT2D eigenvalue weighted by atomic mass is 9.75. The van der Waals surface area contributed by atoms with E-state index in [4.69, 9.17) is 5.73 Å². The fourth-order valence-electron chi connectivity index (χ4n) is 2.39. The maximum absolute atomic E-state index is 12.2. The van der Waals surface area contributed by atoms with Gasteiger partial charge in [0.25, 0.3) is 5.91 Å². The van der Waals surface area contributed by atoms with E-state index in [0.29, 0.717) is 0 Å². The normalized spacial score (nSPS) is 25.4. The third kappa shape index (κ3) is 2.12. The number of piperazine rings is 1. The van der Waals surface area contributed by atoms with Crippen LogP contribution >= 0.6 is 0 Å². The van der Waals surface area contributed by atoms with Gasteiger partial charge >= 0.3 is 0 Å². The molecule has 2 rings (SSSR count). The molecule has 3 N–H and O–H groups in total. The van der Waals surface area contributed by atoms with Crippen molar-refractivity contribution in [2.75, 3.05) is 6.54 Å². The molecule has 0 atom stereocenters. The SMILES string of the molecule is CC1(C)C(=O)NC(=O)CN1C(=O)CC1(N)CCC1. The van der Waals surface area contributed by atoms with Gasteiger partial charge in [0.05, 0.1) is 0 Å². The fourth-order valence-corrected chi connectivity index (χ4v) is 2.39. The van der Waals surface area contributed by atoms with Gasteiger partial charge in [0.15, 0.2) is 0 Å². The van der Waals surface area contributed by atoms with Crippen molar-refractivity contribution in [1.82, 2.24) is 10.2 Å². The second-order valence-corrected chi connectivity index (χ2v) is 5.81. The number of nitrogens with zero attached hydrogens (tertiary/aromatic N) is 1. The van der Waals surface area contributed by atoms with Crippen LogP contribution in [0.15, 0.2) is 0 Å². The molecule has 3 amide bonds. The van der Waals surface area contributed by atoms with E-state index in [0.717, 1.165) is 19.3 Å². The van der Waals surface area contributed by atoms with E-state index >= 15 is 0 Å². The molecular formula is C12H19N3O3. The molecule has 0 spiro atoms. The predicted octanol–water partition coefficient (Wildman–Crippen LogP) is -0.478. The number of rotatable bonds is 2. The van der Waals surface area contributed by atoms with Crippen molar-refractivity contribution >= 4 is 17.7 Å². The van der Waals surface area contributed by atoms with Gasteiger partial charge in [-0.25, -0.2) is 0 Å². The van der Waals surface area contributed by atoms with E-state index < -0.39 is 22.9 Å². The van der Waals surface area contributed by atoms with Crippen LogP contribution in [0.5, 0.6) is 0 Å². The number of carbonyl (C=O) groups is 3. The lowest BCUT2D eigenvalue weighted by Crippen LogP contribution is -2.66. The standard InChI is InChI=1S/C12H19N3O3/c1-11(2)10(18)14-8(16)7-15(11)9(17)6-12(13)4-3-5-12/h3-7,13H2,1-2H3,(H,14,16,18). The Balaban J connectivity index is 2.12. The third-order valence-corrected chi connectivity index (χ3v) is 3.94. The van der Waals surface area contributed by atoms with Gasteiger partial charge in [0, 0.05) is 12.0 Å². The second-order valence-electron chi connectivity index (χ2n) is 5.81. The van der Waals surface area contributed by atoms with E-state index in [1.54, 1.807) is 13.8 Å². The number of hydrogen-bond donors (Lipinski definition) is 2. The molecule has 2 fully saturated rings. The van der Waals surface area contributed by atoms with Crippen molar-refractivity contribution in [2.24, 2.45) is 5.73 Å². The van der Waals surface area contributed by atoms with E-state index in [1.807, 2.05) is 0 Å². The topological polar surface area (TPSA) is 92.5 Å². The molecule has 0 aromatic carbocycles. The van der Waals surface area contributed by atoms with Crippen molar-refractivity contribution in [3.8, 4) is 0 Å². The van der Waals surface area contributed by atoms with Crippen LogP contribution < -0.4 is 11.1 Å². The molecule has 1 aliphatic carbocycles. The quantitative estimate of drug-likeness (QED) is 0.650. The minimum Gasteiger partial charge on any atom is -0.325 e. The zero-order valence-corrected chi connectivity index (χ0v) is 10.8. The van der Waals surface area contributed by atoms with Gasteiger partial charge in [0.1, 0.15) is 12.1 Å². The van der Waals surface area contributed by atoms with Crippen LogP contribution in [0.4, 0.5) is 0 Å². The Morgan fingerprint density at radius 1 is 1.39 bits per heavy atom. The Labute approximate surface area is 106 Å². The molecule has 1 saturated heterocycles. The highest BCUT2D eigenvalue weighted by molar-refractivity contribution is 6.06. The molecule has 0 aromatic rings. The first kappa shape index (κ1) is 13.0. The summed E-state index contributed by atoms with van der Waals surface area (Å²) in [7, 11) is 0. The Morgan fingerprint density at radius 2 is 2.00 bits per heavy atom. The molecule has 0 bridgehead atoms. The van der Waals surface area contributed by atoms with E-state index in [1.165, 1.54) is 4.90 Å². The summed E-state index contributed by atoms with van der Waals surface area (Å²) in [5.74, 6) is -1.09. The molecule has 0 unspecified atom stereocenters. The number of amides is 3. The van der Waals surface area contributed by atoms with Crippen LogP contribution in [0.3, 0.4) is 0 Å². The largest absolute Gasteiger partial charge is 0.325 e. The van der Waals surface area contributed by atoms with Crippen LogP contribution in [0.2, 0.25) is 0 Å². The number of nitrogens with two attached hydrogens (primary N) is 1. The minimum absolute atomic E-state index is 0.0757. The van der Waals surface area contributed by atoms with Crippen molar-refractivity contribution in [3.05, 3.63) is 0 Å². The summed E-state index contributed by atoms with van der Waals surface area (Å²) < 4.78 is 0. The van der Waals surface area contributed by atoms with Crippen LogP contribution in [-0.2, 0) is 14.4 Å². The van der Waals surface area contributed by atoms with E-state index in [9.17, 15) is 14.4 Å². The zero-order chi connectivity index (χ0) is 13.6. The zero-order valence-electron chi connectivity index (χ0n) is 10.8. The lowest BCUT2D eigenvalue weighted by Gasteiger charge is -2.44. The molecule has 1 saturated carbocycles. The van der Waals surface area contributed by atoms with Gasteiger partial charge in [-0.1, -0.05) is 0 Å². The lowest BCUT2D eigenvalue weighted by molar-refractivity contribution is -0.156. The number of imide groups is 1. The van der Waals surface area contributed by atoms with Crippen LogP contribution in [0, 0.1) is 0 Å². The summed E-state index contributed by atoms with van der Waals surface area (Å²) in [5, 5.41) is 2.24. The van der Waals surface area contributed by atoms with Crippen molar-refractivity contribution in [3.63, 3.8) is 0 Å². The van der Waals surface area contributed by atoms with Gasteiger partial charge in [-0.05, 0) is 33.1 Å². The van der Waals surface area contributed by atoms with Gasteiger partial charge < -0.3 is 10.6 Å². The highest BCUT2D eigenvalue weighted by atomic mass is 16.2. The molecule has 0 radical (unpaired) electrons.